The lowest BCUT2D eigenvalue weighted by Gasteiger charge is -2.23. The molecule has 1 amide bonds. The van der Waals surface area contributed by atoms with Gasteiger partial charge in [-0.15, -0.1) is 11.6 Å². The number of carbonyl (C=O) groups excluding carboxylic acids is 1. The predicted octanol–water partition coefficient (Wildman–Crippen LogP) is 2.77. The van der Waals surface area contributed by atoms with Gasteiger partial charge in [-0.25, -0.2) is 0 Å². The van der Waals surface area contributed by atoms with Crippen LogP contribution in [0.25, 0.3) is 0 Å². The van der Waals surface area contributed by atoms with Crippen LogP contribution in [-0.2, 0) is 28.0 Å². The Labute approximate surface area is 146 Å². The summed E-state index contributed by atoms with van der Waals surface area (Å²) in [5.74, 6) is 0.575. The highest BCUT2D eigenvalue weighted by Gasteiger charge is 2.20. The van der Waals surface area contributed by atoms with Gasteiger partial charge in [0.2, 0.25) is 5.91 Å². The Morgan fingerprint density at radius 3 is 2.62 bits per heavy atom. The summed E-state index contributed by atoms with van der Waals surface area (Å²) in [4.78, 5) is 13.9. The minimum atomic E-state index is -3.61. The van der Waals surface area contributed by atoms with Gasteiger partial charge in [-0.1, -0.05) is 12.1 Å². The van der Waals surface area contributed by atoms with E-state index in [9.17, 15) is 13.2 Å². The fourth-order valence-electron chi connectivity index (χ4n) is 2.14. The molecular weight excluding hydrogens is 354 g/mol. The van der Waals surface area contributed by atoms with Crippen molar-refractivity contribution in [2.24, 2.45) is 0 Å². The SMILES string of the molecule is C[C@H](Cl)C(=O)N(Cc1cccc(OS(C)(=O)=O)c1)Cc1ccco1. The Hall–Kier alpha value is -1.99. The minimum absolute atomic E-state index is 0.194. The summed E-state index contributed by atoms with van der Waals surface area (Å²) >= 11 is 5.92. The number of hydrogen-bond donors (Lipinski definition) is 0. The zero-order chi connectivity index (χ0) is 17.7. The summed E-state index contributed by atoms with van der Waals surface area (Å²) in [6.45, 7) is 2.11. The largest absolute Gasteiger partial charge is 0.467 e. The zero-order valence-corrected chi connectivity index (χ0v) is 14.9. The van der Waals surface area contributed by atoms with Crippen LogP contribution in [0.5, 0.6) is 5.75 Å². The minimum Gasteiger partial charge on any atom is -0.467 e. The summed E-state index contributed by atoms with van der Waals surface area (Å²) in [5.41, 5.74) is 0.716. The van der Waals surface area contributed by atoms with E-state index in [1.54, 1.807) is 37.3 Å². The number of nitrogens with zero attached hydrogens (tertiary/aromatic N) is 1. The van der Waals surface area contributed by atoms with Gasteiger partial charge in [0.15, 0.2) is 0 Å². The first-order chi connectivity index (χ1) is 11.2. The van der Waals surface area contributed by atoms with Crippen LogP contribution in [0.4, 0.5) is 0 Å². The molecule has 130 valence electrons. The molecule has 0 fully saturated rings. The maximum Gasteiger partial charge on any atom is 0.306 e. The van der Waals surface area contributed by atoms with E-state index in [-0.39, 0.29) is 24.7 Å². The molecule has 2 aromatic rings. The number of furan rings is 1. The van der Waals surface area contributed by atoms with Crippen LogP contribution in [0.1, 0.15) is 18.2 Å². The average molecular weight is 372 g/mol. The molecule has 1 heterocycles. The first-order valence-electron chi connectivity index (χ1n) is 7.18. The van der Waals surface area contributed by atoms with Gasteiger partial charge in [0.1, 0.15) is 16.9 Å². The first kappa shape index (κ1) is 18.4. The standard InChI is InChI=1S/C16H18ClNO5S/c1-12(17)16(19)18(11-15-7-4-8-22-15)10-13-5-3-6-14(9-13)23-24(2,20)21/h3-9,12H,10-11H2,1-2H3/t12-/m0/s1. The summed E-state index contributed by atoms with van der Waals surface area (Å²) in [6.07, 6.45) is 2.50. The maximum atomic E-state index is 12.3. The Kier molecular flexibility index (Phi) is 5.90. The Morgan fingerprint density at radius 2 is 2.04 bits per heavy atom. The van der Waals surface area contributed by atoms with Gasteiger partial charge in [-0.05, 0) is 36.8 Å². The second-order valence-electron chi connectivity index (χ2n) is 5.32. The highest BCUT2D eigenvalue weighted by molar-refractivity contribution is 7.86. The van der Waals surface area contributed by atoms with E-state index < -0.39 is 15.5 Å². The molecule has 6 nitrogen and oxygen atoms in total. The van der Waals surface area contributed by atoms with Gasteiger partial charge in [0.05, 0.1) is 19.1 Å². The molecule has 0 aliphatic carbocycles. The first-order valence-corrected chi connectivity index (χ1v) is 9.43. The molecule has 0 saturated heterocycles. The fourth-order valence-corrected chi connectivity index (χ4v) is 2.74. The van der Waals surface area contributed by atoms with Gasteiger partial charge < -0.3 is 13.5 Å². The lowest BCUT2D eigenvalue weighted by molar-refractivity contribution is -0.132. The second kappa shape index (κ2) is 7.72. The number of benzene rings is 1. The molecule has 0 radical (unpaired) electrons. The molecule has 1 aromatic heterocycles. The highest BCUT2D eigenvalue weighted by atomic mass is 35.5. The number of amides is 1. The van der Waals surface area contributed by atoms with Crippen LogP contribution in [-0.4, -0.2) is 30.9 Å². The quantitative estimate of drug-likeness (QED) is 0.552. The van der Waals surface area contributed by atoms with E-state index in [1.807, 2.05) is 0 Å². The molecule has 0 unspecified atom stereocenters. The Balaban J connectivity index is 2.19. The van der Waals surface area contributed by atoms with Crippen molar-refractivity contribution in [3.63, 3.8) is 0 Å². The van der Waals surface area contributed by atoms with Crippen molar-refractivity contribution >= 4 is 27.6 Å². The van der Waals surface area contributed by atoms with E-state index in [4.69, 9.17) is 20.2 Å². The number of halogens is 1. The van der Waals surface area contributed by atoms with E-state index in [1.165, 1.54) is 17.2 Å². The third kappa shape index (κ3) is 5.58. The summed E-state index contributed by atoms with van der Waals surface area (Å²) in [7, 11) is -3.61. The smallest absolute Gasteiger partial charge is 0.306 e. The second-order valence-corrected chi connectivity index (χ2v) is 7.55. The van der Waals surface area contributed by atoms with Crippen molar-refractivity contribution in [2.75, 3.05) is 6.26 Å². The normalized spacial score (nSPS) is 12.6. The van der Waals surface area contributed by atoms with Crippen LogP contribution >= 0.6 is 11.6 Å². The van der Waals surface area contributed by atoms with Crippen LogP contribution in [0.15, 0.2) is 47.1 Å². The maximum absolute atomic E-state index is 12.3. The number of rotatable bonds is 7. The van der Waals surface area contributed by atoms with Crippen LogP contribution in [0.2, 0.25) is 0 Å². The molecule has 8 heteroatoms. The molecule has 2 rings (SSSR count). The van der Waals surface area contributed by atoms with Crippen LogP contribution in [0, 0.1) is 0 Å². The van der Waals surface area contributed by atoms with E-state index >= 15 is 0 Å². The molecule has 0 saturated carbocycles. The van der Waals surface area contributed by atoms with Crippen LogP contribution in [0.3, 0.4) is 0 Å². The lowest BCUT2D eigenvalue weighted by atomic mass is 10.2. The number of hydrogen-bond acceptors (Lipinski definition) is 5. The van der Waals surface area contributed by atoms with Gasteiger partial charge >= 0.3 is 10.1 Å². The number of carbonyl (C=O) groups is 1. The van der Waals surface area contributed by atoms with Gasteiger partial charge in [-0.3, -0.25) is 4.79 Å². The van der Waals surface area contributed by atoms with Crippen molar-refractivity contribution in [2.45, 2.75) is 25.4 Å². The molecule has 1 atom stereocenters. The Morgan fingerprint density at radius 1 is 1.29 bits per heavy atom. The summed E-state index contributed by atoms with van der Waals surface area (Å²) in [5, 5.41) is -0.685. The summed E-state index contributed by atoms with van der Waals surface area (Å²) in [6, 6.07) is 10.0. The van der Waals surface area contributed by atoms with Gasteiger partial charge in [-0.2, -0.15) is 8.42 Å². The third-order valence-electron chi connectivity index (χ3n) is 3.10. The lowest BCUT2D eigenvalue weighted by Crippen LogP contribution is -2.34. The van der Waals surface area contributed by atoms with Crippen molar-refractivity contribution in [1.29, 1.82) is 0 Å². The summed E-state index contributed by atoms with van der Waals surface area (Å²) < 4.78 is 32.6. The molecule has 0 aliphatic rings. The van der Waals surface area contributed by atoms with Crippen LogP contribution < -0.4 is 4.18 Å². The molecule has 1 aromatic carbocycles. The third-order valence-corrected chi connectivity index (χ3v) is 3.78. The van der Waals surface area contributed by atoms with Crippen molar-refractivity contribution in [1.82, 2.24) is 4.90 Å². The molecular formula is C16H18ClNO5S. The average Bonchev–Trinajstić information content (AvgIpc) is 2.97. The van der Waals surface area contributed by atoms with Gasteiger partial charge in [0, 0.05) is 6.54 Å². The zero-order valence-electron chi connectivity index (χ0n) is 13.3. The molecule has 24 heavy (non-hydrogen) atoms. The molecule has 0 N–H and O–H groups in total. The molecule has 0 aliphatic heterocycles. The highest BCUT2D eigenvalue weighted by Crippen LogP contribution is 2.19. The topological polar surface area (TPSA) is 76.8 Å². The Bertz CT molecular complexity index is 787. The predicted molar refractivity (Wildman–Crippen MR) is 90.2 cm³/mol. The van der Waals surface area contributed by atoms with E-state index in [2.05, 4.69) is 0 Å². The molecule has 0 spiro atoms. The van der Waals surface area contributed by atoms with E-state index in [0.29, 0.717) is 11.3 Å². The van der Waals surface area contributed by atoms with Crippen molar-refractivity contribution < 1.29 is 21.8 Å². The molecule has 0 bridgehead atoms. The van der Waals surface area contributed by atoms with Gasteiger partial charge in [0.25, 0.3) is 0 Å². The monoisotopic (exact) mass is 371 g/mol. The fraction of sp³-hybridized carbons (Fsp3) is 0.312. The number of alkyl halides is 1. The van der Waals surface area contributed by atoms with Crippen molar-refractivity contribution in [3.8, 4) is 5.75 Å². The van der Waals surface area contributed by atoms with E-state index in [0.717, 1.165) is 6.26 Å². The van der Waals surface area contributed by atoms with Crippen molar-refractivity contribution in [3.05, 3.63) is 54.0 Å².